The number of anilines is 2. The van der Waals surface area contributed by atoms with Crippen molar-refractivity contribution >= 4 is 28.9 Å². The van der Waals surface area contributed by atoms with Crippen molar-refractivity contribution in [2.24, 2.45) is 0 Å². The van der Waals surface area contributed by atoms with E-state index in [2.05, 4.69) is 47.3 Å². The minimum Gasteiger partial charge on any atom is -0.484 e. The van der Waals surface area contributed by atoms with Crippen LogP contribution in [0.3, 0.4) is 0 Å². The summed E-state index contributed by atoms with van der Waals surface area (Å²) in [6.07, 6.45) is 1.68. The second-order valence-electron chi connectivity index (χ2n) is 6.84. The largest absolute Gasteiger partial charge is 0.484 e. The Hall–Kier alpha value is -2.93. The number of ether oxygens (including phenoxy) is 1. The van der Waals surface area contributed by atoms with E-state index in [0.717, 1.165) is 16.1 Å². The lowest BCUT2D eigenvalue weighted by molar-refractivity contribution is 0.0832. The molecule has 1 N–H and O–H groups in total. The van der Waals surface area contributed by atoms with Gasteiger partial charge in [-0.25, -0.2) is 9.97 Å². The van der Waals surface area contributed by atoms with E-state index in [0.29, 0.717) is 28.9 Å². The van der Waals surface area contributed by atoms with Crippen LogP contribution in [0.1, 0.15) is 25.7 Å². The fourth-order valence-corrected chi connectivity index (χ4v) is 4.21. The van der Waals surface area contributed by atoms with E-state index >= 15 is 0 Å². The van der Waals surface area contributed by atoms with Gasteiger partial charge in [-0.3, -0.25) is 4.79 Å². The smallest absolute Gasteiger partial charge is 0.263 e. The molecule has 6 nitrogen and oxygen atoms in total. The van der Waals surface area contributed by atoms with Gasteiger partial charge in [-0.15, -0.1) is 11.3 Å². The van der Waals surface area contributed by atoms with Gasteiger partial charge in [0.15, 0.2) is 5.75 Å². The number of rotatable bonds is 3. The lowest BCUT2D eigenvalue weighted by Gasteiger charge is -2.17. The van der Waals surface area contributed by atoms with Gasteiger partial charge in [0.2, 0.25) is 5.95 Å². The lowest BCUT2D eigenvalue weighted by Crippen LogP contribution is -2.20. The summed E-state index contributed by atoms with van der Waals surface area (Å²) in [7, 11) is 3.50. The highest BCUT2D eigenvalue weighted by Crippen LogP contribution is 2.40. The zero-order chi connectivity index (χ0) is 19.1. The van der Waals surface area contributed by atoms with Crippen LogP contribution in [0.4, 0.5) is 11.6 Å². The third kappa shape index (κ3) is 3.38. The van der Waals surface area contributed by atoms with Gasteiger partial charge in [0.1, 0.15) is 12.3 Å². The minimum absolute atomic E-state index is 0.0152. The Morgan fingerprint density at radius 3 is 2.63 bits per heavy atom. The van der Waals surface area contributed by atoms with Gasteiger partial charge in [0.05, 0.1) is 16.0 Å². The standard InChI is InChI=1S/C20H20N4O2S/c1-11-5-12(2)7-13(6-11)22-20-21-9-15-18(23-20)14-8-16(19(25)24(3)4)27-17(14)10-26-15/h5-9H,10H2,1-4H3,(H,21,22,23). The van der Waals surface area contributed by atoms with Gasteiger partial charge in [-0.2, -0.15) is 0 Å². The number of nitrogens with zero attached hydrogens (tertiary/aromatic N) is 3. The maximum atomic E-state index is 12.3. The highest BCUT2D eigenvalue weighted by atomic mass is 32.1. The van der Waals surface area contributed by atoms with E-state index in [1.807, 2.05) is 6.07 Å². The van der Waals surface area contributed by atoms with E-state index in [1.54, 1.807) is 25.2 Å². The molecule has 0 aliphatic carbocycles. The SMILES string of the molecule is Cc1cc(C)cc(Nc2ncc3c(n2)-c2cc(C(=O)N(C)C)sc2CO3)c1. The summed E-state index contributed by atoms with van der Waals surface area (Å²) >= 11 is 1.45. The van der Waals surface area contributed by atoms with E-state index in [4.69, 9.17) is 4.74 Å². The number of aromatic nitrogens is 2. The molecule has 138 valence electrons. The first-order valence-electron chi connectivity index (χ1n) is 8.60. The Morgan fingerprint density at radius 2 is 1.93 bits per heavy atom. The van der Waals surface area contributed by atoms with E-state index < -0.39 is 0 Å². The van der Waals surface area contributed by atoms with Gasteiger partial charge in [-0.05, 0) is 43.2 Å². The molecule has 7 heteroatoms. The second-order valence-corrected chi connectivity index (χ2v) is 7.98. The first-order valence-corrected chi connectivity index (χ1v) is 9.42. The molecule has 0 fully saturated rings. The molecule has 0 unspecified atom stereocenters. The number of hydrogen-bond acceptors (Lipinski definition) is 6. The highest BCUT2D eigenvalue weighted by molar-refractivity contribution is 7.14. The first-order chi connectivity index (χ1) is 12.9. The summed E-state index contributed by atoms with van der Waals surface area (Å²) in [5, 5.41) is 3.26. The summed E-state index contributed by atoms with van der Waals surface area (Å²) in [4.78, 5) is 24.6. The van der Waals surface area contributed by atoms with Gasteiger partial charge in [0, 0.05) is 25.3 Å². The van der Waals surface area contributed by atoms with Crippen LogP contribution in [0, 0.1) is 13.8 Å². The summed E-state index contributed by atoms with van der Waals surface area (Å²) in [6.45, 7) is 4.54. The summed E-state index contributed by atoms with van der Waals surface area (Å²) in [5.74, 6) is 1.12. The zero-order valence-electron chi connectivity index (χ0n) is 15.7. The number of aryl methyl sites for hydroxylation is 2. The third-order valence-electron chi connectivity index (χ3n) is 4.27. The summed E-state index contributed by atoms with van der Waals surface area (Å²) in [6, 6.07) is 8.12. The fraction of sp³-hybridized carbons (Fsp3) is 0.250. The summed E-state index contributed by atoms with van der Waals surface area (Å²) in [5.41, 5.74) is 4.94. The summed E-state index contributed by atoms with van der Waals surface area (Å²) < 4.78 is 5.78. The Balaban J connectivity index is 1.70. The average Bonchev–Trinajstić information content (AvgIpc) is 3.04. The molecule has 0 saturated heterocycles. The Bertz CT molecular complexity index is 1020. The molecule has 0 spiro atoms. The molecule has 27 heavy (non-hydrogen) atoms. The Labute approximate surface area is 161 Å². The number of thiophene rings is 1. The quantitative estimate of drug-likeness (QED) is 0.739. The van der Waals surface area contributed by atoms with Crippen molar-refractivity contribution in [3.8, 4) is 17.0 Å². The van der Waals surface area contributed by atoms with Crippen LogP contribution in [0.25, 0.3) is 11.3 Å². The topological polar surface area (TPSA) is 67.4 Å². The zero-order valence-corrected chi connectivity index (χ0v) is 16.5. The van der Waals surface area contributed by atoms with Crippen molar-refractivity contribution in [3.05, 3.63) is 51.3 Å². The number of carbonyl (C=O) groups excluding carboxylic acids is 1. The number of amides is 1. The van der Waals surface area contributed by atoms with E-state index in [9.17, 15) is 4.79 Å². The minimum atomic E-state index is -0.0152. The molecule has 0 bridgehead atoms. The third-order valence-corrected chi connectivity index (χ3v) is 5.37. The van der Waals surface area contributed by atoms with E-state index in [-0.39, 0.29) is 5.91 Å². The van der Waals surface area contributed by atoms with Crippen LogP contribution in [0.2, 0.25) is 0 Å². The molecule has 2 aromatic heterocycles. The molecule has 3 aromatic rings. The molecule has 1 aromatic carbocycles. The van der Waals surface area contributed by atoms with Crippen molar-refractivity contribution in [2.75, 3.05) is 19.4 Å². The molecule has 4 rings (SSSR count). The molecular formula is C20H20N4O2S. The van der Waals surface area contributed by atoms with Crippen molar-refractivity contribution in [1.29, 1.82) is 0 Å². The fourth-order valence-electron chi connectivity index (χ4n) is 3.11. The van der Waals surface area contributed by atoms with Crippen LogP contribution < -0.4 is 10.1 Å². The number of fused-ring (bicyclic) bond motifs is 3. The maximum Gasteiger partial charge on any atom is 0.263 e. The predicted octanol–water partition coefficient (Wildman–Crippen LogP) is 4.16. The van der Waals surface area contributed by atoms with E-state index in [1.165, 1.54) is 22.5 Å². The molecule has 1 aliphatic heterocycles. The molecule has 0 radical (unpaired) electrons. The van der Waals surface area contributed by atoms with Crippen LogP contribution >= 0.6 is 11.3 Å². The first kappa shape index (κ1) is 17.5. The second kappa shape index (κ2) is 6.66. The van der Waals surface area contributed by atoms with Crippen LogP contribution in [-0.4, -0.2) is 34.9 Å². The Morgan fingerprint density at radius 1 is 1.19 bits per heavy atom. The van der Waals surface area contributed by atoms with Crippen molar-refractivity contribution in [2.45, 2.75) is 20.5 Å². The van der Waals surface area contributed by atoms with Gasteiger partial charge >= 0.3 is 0 Å². The van der Waals surface area contributed by atoms with Crippen molar-refractivity contribution in [3.63, 3.8) is 0 Å². The van der Waals surface area contributed by atoms with Crippen LogP contribution in [-0.2, 0) is 6.61 Å². The Kier molecular flexibility index (Phi) is 4.31. The number of hydrogen-bond donors (Lipinski definition) is 1. The number of carbonyl (C=O) groups is 1. The van der Waals surface area contributed by atoms with Crippen LogP contribution in [0.15, 0.2) is 30.5 Å². The number of benzene rings is 1. The average molecular weight is 380 g/mol. The van der Waals surface area contributed by atoms with Crippen LogP contribution in [0.5, 0.6) is 5.75 Å². The van der Waals surface area contributed by atoms with Crippen molar-refractivity contribution < 1.29 is 9.53 Å². The molecule has 1 aliphatic rings. The van der Waals surface area contributed by atoms with Gasteiger partial charge in [0.25, 0.3) is 5.91 Å². The van der Waals surface area contributed by atoms with Gasteiger partial charge in [-0.1, -0.05) is 6.07 Å². The number of nitrogens with one attached hydrogen (secondary N) is 1. The molecular weight excluding hydrogens is 360 g/mol. The predicted molar refractivity (Wildman–Crippen MR) is 107 cm³/mol. The maximum absolute atomic E-state index is 12.3. The lowest BCUT2D eigenvalue weighted by atomic mass is 10.1. The molecule has 1 amide bonds. The monoisotopic (exact) mass is 380 g/mol. The van der Waals surface area contributed by atoms with Gasteiger partial charge < -0.3 is 15.0 Å². The molecule has 0 atom stereocenters. The van der Waals surface area contributed by atoms with Crippen molar-refractivity contribution in [1.82, 2.24) is 14.9 Å². The molecule has 0 saturated carbocycles. The molecule has 3 heterocycles. The normalized spacial score (nSPS) is 12.0. The highest BCUT2D eigenvalue weighted by Gasteiger charge is 2.25.